The van der Waals surface area contributed by atoms with E-state index < -0.39 is 11.6 Å². The van der Waals surface area contributed by atoms with Crippen molar-refractivity contribution in [3.63, 3.8) is 0 Å². The van der Waals surface area contributed by atoms with Gasteiger partial charge in [-0.3, -0.25) is 14.5 Å². The highest BCUT2D eigenvalue weighted by atomic mass is 35.5. The zero-order valence-corrected chi connectivity index (χ0v) is 19.2. The highest BCUT2D eigenvalue weighted by Gasteiger charge is 2.51. The molecule has 5 rings (SSSR count). The normalized spacial score (nSPS) is 21.2. The summed E-state index contributed by atoms with van der Waals surface area (Å²) >= 11 is 6.43. The molecule has 2 fully saturated rings. The van der Waals surface area contributed by atoms with E-state index in [1.54, 1.807) is 37.4 Å². The summed E-state index contributed by atoms with van der Waals surface area (Å²) in [4.78, 5) is 43.5. The first kappa shape index (κ1) is 22.2. The van der Waals surface area contributed by atoms with Crippen LogP contribution < -0.4 is 15.8 Å². The number of amides is 3. The second kappa shape index (κ2) is 8.62. The fourth-order valence-electron chi connectivity index (χ4n) is 4.28. The molecule has 2 aliphatic heterocycles. The number of aromatic nitrogens is 2. The third-order valence-corrected chi connectivity index (χ3v) is 6.60. The summed E-state index contributed by atoms with van der Waals surface area (Å²) in [6.07, 6.45) is 3.07. The number of hydrogen-bond acceptors (Lipinski definition) is 7. The largest absolute Gasteiger partial charge is 0.466 e. The SMILES string of the molecule is C[C@@]1(c2ccco2)NC(=O)N(CN2CCN(c3cnn(-c4ccccc4)c(=O)c3Cl)CC2)C1=O. The number of nitrogens with one attached hydrogen (secondary N) is 1. The van der Waals surface area contributed by atoms with E-state index in [1.165, 1.54) is 15.8 Å². The van der Waals surface area contributed by atoms with Gasteiger partial charge < -0.3 is 14.6 Å². The van der Waals surface area contributed by atoms with Gasteiger partial charge >= 0.3 is 6.03 Å². The minimum atomic E-state index is -1.22. The van der Waals surface area contributed by atoms with Crippen molar-refractivity contribution in [2.24, 2.45) is 0 Å². The number of imide groups is 1. The third kappa shape index (κ3) is 3.74. The number of halogens is 1. The van der Waals surface area contributed by atoms with E-state index in [0.29, 0.717) is 43.3 Å². The van der Waals surface area contributed by atoms with Crippen molar-refractivity contribution in [3.05, 3.63) is 76.1 Å². The molecule has 34 heavy (non-hydrogen) atoms. The Balaban J connectivity index is 1.25. The molecule has 0 unspecified atom stereocenters. The molecule has 10 nitrogen and oxygen atoms in total. The molecule has 0 radical (unpaired) electrons. The van der Waals surface area contributed by atoms with Crippen LogP contribution in [0, 0.1) is 0 Å². The smallest absolute Gasteiger partial charge is 0.326 e. The highest BCUT2D eigenvalue weighted by molar-refractivity contribution is 6.33. The second-order valence-electron chi connectivity index (χ2n) is 8.41. The van der Waals surface area contributed by atoms with Crippen LogP contribution in [-0.2, 0) is 10.3 Å². The Hall–Kier alpha value is -3.63. The summed E-state index contributed by atoms with van der Waals surface area (Å²) in [6, 6.07) is 12.0. The van der Waals surface area contributed by atoms with Gasteiger partial charge in [-0.2, -0.15) is 9.78 Å². The lowest BCUT2D eigenvalue weighted by molar-refractivity contribution is -0.133. The highest BCUT2D eigenvalue weighted by Crippen LogP contribution is 2.29. The quantitative estimate of drug-likeness (QED) is 0.555. The molecule has 0 spiro atoms. The minimum absolute atomic E-state index is 0.107. The molecule has 3 aromatic rings. The van der Waals surface area contributed by atoms with Gasteiger partial charge in [0.2, 0.25) is 0 Å². The van der Waals surface area contributed by atoms with Crippen molar-refractivity contribution in [2.45, 2.75) is 12.5 Å². The summed E-state index contributed by atoms with van der Waals surface area (Å²) in [7, 11) is 0. The fraction of sp³-hybridized carbons (Fsp3) is 0.304. The molecule has 2 saturated heterocycles. The maximum atomic E-state index is 13.0. The van der Waals surface area contributed by atoms with Crippen LogP contribution in [0.3, 0.4) is 0 Å². The van der Waals surface area contributed by atoms with Crippen LogP contribution in [0.15, 0.2) is 64.1 Å². The molecule has 1 N–H and O–H groups in total. The number of urea groups is 1. The van der Waals surface area contributed by atoms with Crippen LogP contribution in [-0.4, -0.2) is 64.4 Å². The Bertz CT molecular complexity index is 1270. The van der Waals surface area contributed by atoms with Gasteiger partial charge in [-0.05, 0) is 31.2 Å². The first-order valence-electron chi connectivity index (χ1n) is 10.9. The van der Waals surface area contributed by atoms with Gasteiger partial charge in [0.1, 0.15) is 10.8 Å². The molecule has 11 heteroatoms. The average molecular weight is 483 g/mol. The first-order valence-corrected chi connectivity index (χ1v) is 11.2. The van der Waals surface area contributed by atoms with Crippen LogP contribution in [0.2, 0.25) is 5.02 Å². The maximum absolute atomic E-state index is 13.0. The zero-order valence-electron chi connectivity index (χ0n) is 18.5. The number of para-hydroxylation sites is 1. The topological polar surface area (TPSA) is 104 Å². The molecule has 3 amide bonds. The molecule has 0 bridgehead atoms. The van der Waals surface area contributed by atoms with Crippen molar-refractivity contribution in [1.82, 2.24) is 24.9 Å². The van der Waals surface area contributed by atoms with Gasteiger partial charge in [0.05, 0.1) is 30.5 Å². The maximum Gasteiger partial charge on any atom is 0.326 e. The molecular weight excluding hydrogens is 460 g/mol. The van der Waals surface area contributed by atoms with Crippen molar-refractivity contribution < 1.29 is 14.0 Å². The van der Waals surface area contributed by atoms with Crippen molar-refractivity contribution in [1.29, 1.82) is 0 Å². The number of nitrogens with zero attached hydrogens (tertiary/aromatic N) is 5. The number of benzene rings is 1. The number of anilines is 1. The van der Waals surface area contributed by atoms with E-state index in [4.69, 9.17) is 16.0 Å². The number of rotatable bonds is 5. The summed E-state index contributed by atoms with van der Waals surface area (Å²) in [6.45, 7) is 4.08. The number of carbonyl (C=O) groups is 2. The fourth-order valence-corrected chi connectivity index (χ4v) is 4.53. The standard InChI is InChI=1S/C23H23ClN6O4/c1-23(18-8-5-13-34-18)21(32)29(22(33)26-23)15-27-9-11-28(12-10-27)17-14-25-30(20(31)19(17)24)16-6-3-2-4-7-16/h2-8,13-14H,9-12,15H2,1H3,(H,26,33)/t23-/m0/s1. The monoisotopic (exact) mass is 482 g/mol. The molecule has 1 atom stereocenters. The lowest BCUT2D eigenvalue weighted by Crippen LogP contribution is -2.52. The molecule has 1 aromatic carbocycles. The first-order chi connectivity index (χ1) is 16.4. The summed E-state index contributed by atoms with van der Waals surface area (Å²) in [5.41, 5.74) is -0.395. The Morgan fingerprint density at radius 1 is 1.06 bits per heavy atom. The number of hydrogen-bond donors (Lipinski definition) is 1. The van der Waals surface area contributed by atoms with Gasteiger partial charge in [-0.1, -0.05) is 29.8 Å². The van der Waals surface area contributed by atoms with E-state index in [0.717, 1.165) is 0 Å². The number of piperazine rings is 1. The molecule has 2 aliphatic rings. The van der Waals surface area contributed by atoms with Gasteiger partial charge in [0.15, 0.2) is 5.54 Å². The Morgan fingerprint density at radius 3 is 2.47 bits per heavy atom. The Morgan fingerprint density at radius 2 is 1.79 bits per heavy atom. The molecule has 4 heterocycles. The molecule has 0 saturated carbocycles. The summed E-state index contributed by atoms with van der Waals surface area (Å²) < 4.78 is 6.64. The molecular formula is C23H23ClN6O4. The van der Waals surface area contributed by atoms with Gasteiger partial charge in [-0.25, -0.2) is 9.69 Å². The molecule has 0 aliphatic carbocycles. The van der Waals surface area contributed by atoms with Crippen LogP contribution in [0.25, 0.3) is 5.69 Å². The van der Waals surface area contributed by atoms with Gasteiger partial charge in [0, 0.05) is 26.2 Å². The van der Waals surface area contributed by atoms with Crippen LogP contribution in [0.1, 0.15) is 12.7 Å². The lowest BCUT2D eigenvalue weighted by Gasteiger charge is -2.37. The predicted molar refractivity (Wildman–Crippen MR) is 125 cm³/mol. The number of furan rings is 1. The van der Waals surface area contributed by atoms with E-state index >= 15 is 0 Å². The third-order valence-electron chi connectivity index (χ3n) is 6.24. The second-order valence-corrected chi connectivity index (χ2v) is 8.79. The lowest BCUT2D eigenvalue weighted by atomic mass is 9.99. The van der Waals surface area contributed by atoms with Crippen molar-refractivity contribution >= 4 is 29.2 Å². The van der Waals surface area contributed by atoms with Crippen molar-refractivity contribution in [3.8, 4) is 5.69 Å². The van der Waals surface area contributed by atoms with Crippen molar-refractivity contribution in [2.75, 3.05) is 37.7 Å². The minimum Gasteiger partial charge on any atom is -0.466 e. The van der Waals surface area contributed by atoms with E-state index in [2.05, 4.69) is 10.4 Å². The van der Waals surface area contributed by atoms with Crippen LogP contribution in [0.4, 0.5) is 10.5 Å². The van der Waals surface area contributed by atoms with E-state index in [-0.39, 0.29) is 23.2 Å². The average Bonchev–Trinajstić information content (AvgIpc) is 3.47. The van der Waals surface area contributed by atoms with Crippen LogP contribution in [0.5, 0.6) is 0 Å². The van der Waals surface area contributed by atoms with E-state index in [9.17, 15) is 14.4 Å². The zero-order chi connectivity index (χ0) is 23.9. The van der Waals surface area contributed by atoms with Crippen LogP contribution >= 0.6 is 11.6 Å². The van der Waals surface area contributed by atoms with Gasteiger partial charge in [0.25, 0.3) is 11.5 Å². The number of carbonyl (C=O) groups excluding carboxylic acids is 2. The summed E-state index contributed by atoms with van der Waals surface area (Å²) in [5.74, 6) is 0.0391. The Kier molecular flexibility index (Phi) is 5.62. The van der Waals surface area contributed by atoms with Gasteiger partial charge in [-0.15, -0.1) is 0 Å². The molecule has 2 aromatic heterocycles. The molecule has 176 valence electrons. The predicted octanol–water partition coefficient (Wildman–Crippen LogP) is 2.03. The summed E-state index contributed by atoms with van der Waals surface area (Å²) in [5, 5.41) is 7.14. The Labute approximate surface area is 200 Å². The van der Waals surface area contributed by atoms with E-state index in [1.807, 2.05) is 28.0 Å².